The molecule has 34 heavy (non-hydrogen) atoms. The third-order valence-corrected chi connectivity index (χ3v) is 5.56. The first-order valence-corrected chi connectivity index (χ1v) is 11.1. The van der Waals surface area contributed by atoms with Gasteiger partial charge in [0.1, 0.15) is 5.52 Å². The van der Waals surface area contributed by atoms with E-state index >= 15 is 0 Å². The second kappa shape index (κ2) is 10.4. The molecule has 2 aromatic carbocycles. The third kappa shape index (κ3) is 5.90. The van der Waals surface area contributed by atoms with E-state index in [-0.39, 0.29) is 31.1 Å². The third-order valence-electron chi connectivity index (χ3n) is 5.23. The van der Waals surface area contributed by atoms with Crippen molar-refractivity contribution < 1.29 is 19.1 Å². The van der Waals surface area contributed by atoms with Gasteiger partial charge in [0.25, 0.3) is 6.01 Å². The molecule has 8 nitrogen and oxygen atoms in total. The summed E-state index contributed by atoms with van der Waals surface area (Å²) in [6.07, 6.45) is 1.86. The van der Waals surface area contributed by atoms with E-state index in [4.69, 9.17) is 21.1 Å². The normalized spacial score (nSPS) is 11.8. The molecule has 0 bridgehead atoms. The van der Waals surface area contributed by atoms with Crippen LogP contribution in [0.1, 0.15) is 30.5 Å². The average Bonchev–Trinajstić information content (AvgIpc) is 3.21. The van der Waals surface area contributed by atoms with Gasteiger partial charge >= 0.3 is 5.97 Å². The van der Waals surface area contributed by atoms with Gasteiger partial charge < -0.3 is 20.2 Å². The number of carbonyl (C=O) groups excluding carboxylic acids is 1. The molecule has 1 atom stereocenters. The van der Waals surface area contributed by atoms with Crippen molar-refractivity contribution in [2.45, 2.75) is 25.7 Å². The van der Waals surface area contributed by atoms with Crippen LogP contribution in [0.5, 0.6) is 0 Å². The Morgan fingerprint density at radius 2 is 1.97 bits per heavy atom. The van der Waals surface area contributed by atoms with E-state index < -0.39 is 5.97 Å². The highest BCUT2D eigenvalue weighted by atomic mass is 35.5. The Kier molecular flexibility index (Phi) is 7.08. The van der Waals surface area contributed by atoms with Crippen molar-refractivity contribution >= 4 is 51.8 Å². The van der Waals surface area contributed by atoms with E-state index in [1.165, 1.54) is 0 Å². The SMILES string of the molecule is CC(CC(=O)O)c1ccc(NCC(=O)Cc2ccc3nc(Nc4ccccc4Cl)oc3c2)cn1. The summed E-state index contributed by atoms with van der Waals surface area (Å²) in [4.78, 5) is 32.0. The maximum absolute atomic E-state index is 12.5. The smallest absolute Gasteiger partial charge is 0.304 e. The van der Waals surface area contributed by atoms with Crippen LogP contribution in [-0.2, 0) is 16.0 Å². The zero-order chi connectivity index (χ0) is 24.1. The van der Waals surface area contributed by atoms with Gasteiger partial charge in [-0.1, -0.05) is 36.7 Å². The summed E-state index contributed by atoms with van der Waals surface area (Å²) in [6, 6.07) is 16.7. The topological polar surface area (TPSA) is 117 Å². The fourth-order valence-electron chi connectivity index (χ4n) is 3.47. The summed E-state index contributed by atoms with van der Waals surface area (Å²) in [6.45, 7) is 1.95. The lowest BCUT2D eigenvalue weighted by Crippen LogP contribution is -2.16. The summed E-state index contributed by atoms with van der Waals surface area (Å²) in [5.41, 5.74) is 4.14. The molecule has 0 amide bonds. The Morgan fingerprint density at radius 1 is 1.15 bits per heavy atom. The zero-order valence-corrected chi connectivity index (χ0v) is 19.2. The molecule has 1 unspecified atom stereocenters. The highest BCUT2D eigenvalue weighted by Gasteiger charge is 2.13. The molecule has 0 saturated heterocycles. The van der Waals surface area contributed by atoms with Crippen molar-refractivity contribution in [2.24, 2.45) is 0 Å². The van der Waals surface area contributed by atoms with Crippen molar-refractivity contribution in [1.29, 1.82) is 0 Å². The minimum absolute atomic E-state index is 0.00315. The number of aliphatic carboxylic acids is 1. The molecule has 0 radical (unpaired) electrons. The van der Waals surface area contributed by atoms with Crippen LogP contribution in [-0.4, -0.2) is 33.4 Å². The number of rotatable bonds is 10. The first-order chi connectivity index (χ1) is 16.4. The van der Waals surface area contributed by atoms with Crippen LogP contribution >= 0.6 is 11.6 Å². The van der Waals surface area contributed by atoms with Gasteiger partial charge in [-0.25, -0.2) is 0 Å². The number of fused-ring (bicyclic) bond motifs is 1. The Balaban J connectivity index is 1.33. The molecule has 0 saturated carbocycles. The number of aromatic nitrogens is 2. The standard InChI is InChI=1S/C25H23ClN4O4/c1-15(10-24(32)33)20-9-7-17(13-28-20)27-14-18(31)11-16-6-8-22-23(12-16)34-25(30-22)29-21-5-3-2-4-19(21)26/h2-9,12-13,15,27H,10-11,14H2,1H3,(H,29,30)(H,32,33). The van der Waals surface area contributed by atoms with E-state index in [9.17, 15) is 9.59 Å². The van der Waals surface area contributed by atoms with E-state index in [0.29, 0.717) is 39.2 Å². The second-order valence-corrected chi connectivity index (χ2v) is 8.37. The van der Waals surface area contributed by atoms with Crippen LogP contribution in [0.3, 0.4) is 0 Å². The van der Waals surface area contributed by atoms with Gasteiger partial charge in [0.2, 0.25) is 0 Å². The number of pyridine rings is 1. The summed E-state index contributed by atoms with van der Waals surface area (Å²) >= 11 is 6.17. The highest BCUT2D eigenvalue weighted by Crippen LogP contribution is 2.27. The summed E-state index contributed by atoms with van der Waals surface area (Å²) in [7, 11) is 0. The van der Waals surface area contributed by atoms with Gasteiger partial charge in [0.05, 0.1) is 35.6 Å². The van der Waals surface area contributed by atoms with Gasteiger partial charge in [-0.05, 0) is 42.0 Å². The molecule has 4 aromatic rings. The molecule has 0 aliphatic heterocycles. The number of carboxylic acid groups (broad SMARTS) is 1. The molecule has 2 heterocycles. The molecule has 9 heteroatoms. The number of para-hydroxylation sites is 1. The summed E-state index contributed by atoms with van der Waals surface area (Å²) in [5, 5.41) is 15.6. The first kappa shape index (κ1) is 23.3. The minimum atomic E-state index is -0.862. The Hall–Kier alpha value is -3.91. The predicted octanol–water partition coefficient (Wildman–Crippen LogP) is 5.42. The number of Topliss-reactive ketones (excluding diaryl/α,β-unsaturated/α-hetero) is 1. The number of ketones is 1. The number of benzene rings is 2. The van der Waals surface area contributed by atoms with Crippen molar-refractivity contribution in [3.8, 4) is 0 Å². The Morgan fingerprint density at radius 3 is 2.71 bits per heavy atom. The number of carbonyl (C=O) groups is 2. The Bertz CT molecular complexity index is 1320. The number of hydrogen-bond donors (Lipinski definition) is 3. The molecule has 4 rings (SSSR count). The summed E-state index contributed by atoms with van der Waals surface area (Å²) < 4.78 is 5.78. The van der Waals surface area contributed by atoms with Crippen LogP contribution in [0.2, 0.25) is 5.02 Å². The van der Waals surface area contributed by atoms with Crippen LogP contribution in [0.4, 0.5) is 17.4 Å². The fourth-order valence-corrected chi connectivity index (χ4v) is 3.65. The van der Waals surface area contributed by atoms with Crippen LogP contribution in [0, 0.1) is 0 Å². The first-order valence-electron chi connectivity index (χ1n) is 10.7. The van der Waals surface area contributed by atoms with Crippen LogP contribution in [0.15, 0.2) is 65.2 Å². The van der Waals surface area contributed by atoms with E-state index in [1.807, 2.05) is 37.3 Å². The van der Waals surface area contributed by atoms with Crippen molar-refractivity contribution in [3.05, 3.63) is 77.1 Å². The number of carboxylic acids is 1. The highest BCUT2D eigenvalue weighted by molar-refractivity contribution is 6.33. The second-order valence-electron chi connectivity index (χ2n) is 7.97. The van der Waals surface area contributed by atoms with Crippen molar-refractivity contribution in [2.75, 3.05) is 17.2 Å². The lowest BCUT2D eigenvalue weighted by Gasteiger charge is -2.10. The molecular weight excluding hydrogens is 456 g/mol. The lowest BCUT2D eigenvalue weighted by atomic mass is 10.0. The van der Waals surface area contributed by atoms with Crippen molar-refractivity contribution in [3.63, 3.8) is 0 Å². The summed E-state index contributed by atoms with van der Waals surface area (Å²) in [5.74, 6) is -1.05. The number of halogens is 1. The molecular formula is C25H23ClN4O4. The molecule has 3 N–H and O–H groups in total. The van der Waals surface area contributed by atoms with Crippen molar-refractivity contribution in [1.82, 2.24) is 9.97 Å². The average molecular weight is 479 g/mol. The zero-order valence-electron chi connectivity index (χ0n) is 18.4. The minimum Gasteiger partial charge on any atom is -0.481 e. The fraction of sp³-hybridized carbons (Fsp3) is 0.200. The van der Waals surface area contributed by atoms with Gasteiger partial charge in [-0.2, -0.15) is 4.98 Å². The van der Waals surface area contributed by atoms with Gasteiger partial charge in [-0.15, -0.1) is 0 Å². The molecule has 0 aliphatic rings. The maximum atomic E-state index is 12.5. The van der Waals surface area contributed by atoms with E-state index in [1.54, 1.807) is 30.5 Å². The van der Waals surface area contributed by atoms with E-state index in [0.717, 1.165) is 5.56 Å². The number of nitrogens with zero attached hydrogens (tertiary/aromatic N) is 2. The van der Waals surface area contributed by atoms with E-state index in [2.05, 4.69) is 20.6 Å². The monoisotopic (exact) mass is 478 g/mol. The Labute approximate surface area is 201 Å². The number of hydrogen-bond acceptors (Lipinski definition) is 7. The number of anilines is 3. The molecule has 174 valence electrons. The maximum Gasteiger partial charge on any atom is 0.304 e. The molecule has 0 aliphatic carbocycles. The lowest BCUT2D eigenvalue weighted by molar-refractivity contribution is -0.137. The molecule has 0 fully saturated rings. The quantitative estimate of drug-likeness (QED) is 0.276. The van der Waals surface area contributed by atoms with Gasteiger partial charge in [0.15, 0.2) is 11.4 Å². The molecule has 2 aromatic heterocycles. The number of nitrogens with one attached hydrogen (secondary N) is 2. The predicted molar refractivity (Wildman–Crippen MR) is 131 cm³/mol. The van der Waals surface area contributed by atoms with Crippen LogP contribution < -0.4 is 10.6 Å². The molecule has 0 spiro atoms. The van der Waals surface area contributed by atoms with Gasteiger partial charge in [0, 0.05) is 18.0 Å². The largest absolute Gasteiger partial charge is 0.481 e. The van der Waals surface area contributed by atoms with Gasteiger partial charge in [-0.3, -0.25) is 14.6 Å². The number of oxazole rings is 1. The van der Waals surface area contributed by atoms with Crippen LogP contribution in [0.25, 0.3) is 11.1 Å².